The summed E-state index contributed by atoms with van der Waals surface area (Å²) in [5.41, 5.74) is 0.986. The number of aromatic amines is 1. The maximum Gasteiger partial charge on any atom is 0.268 e. The van der Waals surface area contributed by atoms with Crippen molar-refractivity contribution in [2.24, 2.45) is 0 Å². The lowest BCUT2D eigenvalue weighted by Gasteiger charge is -2.16. The molecule has 0 radical (unpaired) electrons. The minimum Gasteiger partial charge on any atom is -0.352 e. The van der Waals surface area contributed by atoms with Crippen LogP contribution in [0.1, 0.15) is 22.6 Å². The molecular formula is C18H18N4O3S. The SMILES string of the molecule is CN(Cc1nc2ccsc2c(=O)[nH]1)C(=O)CCNC(=O)c1ccccc1. The Bertz CT molecular complexity index is 981. The number of H-pyrrole nitrogens is 1. The predicted molar refractivity (Wildman–Crippen MR) is 100 cm³/mol. The Balaban J connectivity index is 1.52. The molecule has 0 unspecified atom stereocenters. The third kappa shape index (κ3) is 4.15. The number of rotatable bonds is 6. The summed E-state index contributed by atoms with van der Waals surface area (Å²) in [6.45, 7) is 0.441. The van der Waals surface area contributed by atoms with Gasteiger partial charge in [-0.15, -0.1) is 11.3 Å². The highest BCUT2D eigenvalue weighted by atomic mass is 32.1. The summed E-state index contributed by atoms with van der Waals surface area (Å²) in [4.78, 5) is 44.7. The van der Waals surface area contributed by atoms with Gasteiger partial charge in [-0.25, -0.2) is 4.98 Å². The van der Waals surface area contributed by atoms with Gasteiger partial charge >= 0.3 is 0 Å². The molecule has 0 aliphatic rings. The van der Waals surface area contributed by atoms with Crippen molar-refractivity contribution in [3.05, 3.63) is 63.5 Å². The standard InChI is InChI=1S/C18H18N4O3S/c1-22(11-14-20-13-8-10-26-16(13)18(25)21-14)15(23)7-9-19-17(24)12-5-3-2-4-6-12/h2-6,8,10H,7,9,11H2,1H3,(H,19,24)(H,20,21,25). The Labute approximate surface area is 153 Å². The fourth-order valence-electron chi connectivity index (χ4n) is 2.47. The smallest absolute Gasteiger partial charge is 0.268 e. The number of hydrogen-bond donors (Lipinski definition) is 2. The second kappa shape index (κ2) is 7.92. The van der Waals surface area contributed by atoms with Crippen LogP contribution in [0.2, 0.25) is 0 Å². The quantitative estimate of drug-likeness (QED) is 0.691. The number of hydrogen-bond acceptors (Lipinski definition) is 5. The molecule has 26 heavy (non-hydrogen) atoms. The van der Waals surface area contributed by atoms with Crippen molar-refractivity contribution in [3.8, 4) is 0 Å². The summed E-state index contributed by atoms with van der Waals surface area (Å²) in [5.74, 6) is 0.0754. The van der Waals surface area contributed by atoms with Gasteiger partial charge in [0.15, 0.2) is 0 Å². The molecule has 0 saturated carbocycles. The summed E-state index contributed by atoms with van der Waals surface area (Å²) in [7, 11) is 1.64. The Kier molecular flexibility index (Phi) is 5.43. The van der Waals surface area contributed by atoms with Crippen LogP contribution < -0.4 is 10.9 Å². The van der Waals surface area contributed by atoms with E-state index in [9.17, 15) is 14.4 Å². The lowest BCUT2D eigenvalue weighted by atomic mass is 10.2. The molecule has 8 heteroatoms. The van der Waals surface area contributed by atoms with Gasteiger partial charge in [0.2, 0.25) is 5.91 Å². The van der Waals surface area contributed by atoms with Crippen molar-refractivity contribution in [1.82, 2.24) is 20.2 Å². The van der Waals surface area contributed by atoms with Crippen LogP contribution in [0.15, 0.2) is 46.6 Å². The number of nitrogens with one attached hydrogen (secondary N) is 2. The van der Waals surface area contributed by atoms with E-state index in [1.165, 1.54) is 16.2 Å². The van der Waals surface area contributed by atoms with E-state index in [0.717, 1.165) is 0 Å². The van der Waals surface area contributed by atoms with Gasteiger partial charge in [-0.3, -0.25) is 14.4 Å². The van der Waals surface area contributed by atoms with Crippen molar-refractivity contribution in [3.63, 3.8) is 0 Å². The predicted octanol–water partition coefficient (Wildman–Crippen LogP) is 1.76. The lowest BCUT2D eigenvalue weighted by Crippen LogP contribution is -2.32. The summed E-state index contributed by atoms with van der Waals surface area (Å²) in [6, 6.07) is 10.6. The monoisotopic (exact) mass is 370 g/mol. The molecule has 0 fully saturated rings. The molecule has 3 aromatic rings. The number of carbonyl (C=O) groups is 2. The summed E-state index contributed by atoms with van der Waals surface area (Å²) in [5, 5.41) is 4.53. The zero-order valence-electron chi connectivity index (χ0n) is 14.2. The first-order valence-corrected chi connectivity index (χ1v) is 8.96. The molecule has 7 nitrogen and oxygen atoms in total. The Morgan fingerprint density at radius 1 is 1.23 bits per heavy atom. The first kappa shape index (κ1) is 17.8. The van der Waals surface area contributed by atoms with Crippen molar-refractivity contribution in [2.75, 3.05) is 13.6 Å². The first-order chi connectivity index (χ1) is 12.5. The molecule has 0 aliphatic heterocycles. The molecule has 0 saturated heterocycles. The number of carbonyl (C=O) groups excluding carboxylic acids is 2. The molecule has 1 aromatic carbocycles. The van der Waals surface area contributed by atoms with E-state index < -0.39 is 0 Å². The van der Waals surface area contributed by atoms with E-state index in [4.69, 9.17) is 0 Å². The number of thiophene rings is 1. The topological polar surface area (TPSA) is 95.2 Å². The van der Waals surface area contributed by atoms with Gasteiger partial charge in [0.1, 0.15) is 10.5 Å². The third-order valence-electron chi connectivity index (χ3n) is 3.84. The third-order valence-corrected chi connectivity index (χ3v) is 4.74. The van der Waals surface area contributed by atoms with Gasteiger partial charge in [0, 0.05) is 25.6 Å². The summed E-state index contributed by atoms with van der Waals surface area (Å²) >= 11 is 1.33. The number of aromatic nitrogens is 2. The van der Waals surface area contributed by atoms with Gasteiger partial charge in [0.25, 0.3) is 11.5 Å². The molecule has 134 valence electrons. The van der Waals surface area contributed by atoms with Crippen LogP contribution in [0.4, 0.5) is 0 Å². The normalized spacial score (nSPS) is 10.7. The van der Waals surface area contributed by atoms with Gasteiger partial charge in [-0.2, -0.15) is 0 Å². The van der Waals surface area contributed by atoms with E-state index in [1.807, 2.05) is 6.07 Å². The van der Waals surface area contributed by atoms with E-state index >= 15 is 0 Å². The Morgan fingerprint density at radius 3 is 2.77 bits per heavy atom. The Hall–Kier alpha value is -3.00. The van der Waals surface area contributed by atoms with Crippen LogP contribution in [-0.4, -0.2) is 40.3 Å². The van der Waals surface area contributed by atoms with Crippen LogP contribution in [0.25, 0.3) is 10.2 Å². The van der Waals surface area contributed by atoms with E-state index in [-0.39, 0.29) is 36.9 Å². The lowest BCUT2D eigenvalue weighted by molar-refractivity contribution is -0.130. The number of fused-ring (bicyclic) bond motifs is 1. The van der Waals surface area contributed by atoms with Crippen LogP contribution in [0.3, 0.4) is 0 Å². The second-order valence-electron chi connectivity index (χ2n) is 5.77. The second-order valence-corrected chi connectivity index (χ2v) is 6.69. The van der Waals surface area contributed by atoms with Gasteiger partial charge in [0.05, 0.1) is 12.1 Å². The zero-order valence-corrected chi connectivity index (χ0v) is 15.0. The van der Waals surface area contributed by atoms with E-state index in [2.05, 4.69) is 15.3 Å². The molecule has 2 heterocycles. The Morgan fingerprint density at radius 2 is 2.00 bits per heavy atom. The summed E-state index contributed by atoms with van der Waals surface area (Å²) < 4.78 is 0.575. The number of nitrogens with zero attached hydrogens (tertiary/aromatic N) is 2. The number of benzene rings is 1. The molecule has 3 rings (SSSR count). The minimum absolute atomic E-state index is 0.147. The average Bonchev–Trinajstić information content (AvgIpc) is 3.11. The molecule has 0 atom stereocenters. The largest absolute Gasteiger partial charge is 0.352 e. The highest BCUT2D eigenvalue weighted by molar-refractivity contribution is 7.17. The van der Waals surface area contributed by atoms with Crippen LogP contribution in [0.5, 0.6) is 0 Å². The average molecular weight is 370 g/mol. The van der Waals surface area contributed by atoms with Gasteiger partial charge < -0.3 is 15.2 Å². The van der Waals surface area contributed by atoms with E-state index in [0.29, 0.717) is 21.6 Å². The van der Waals surface area contributed by atoms with E-state index in [1.54, 1.807) is 42.8 Å². The minimum atomic E-state index is -0.213. The van der Waals surface area contributed by atoms with Crippen LogP contribution in [0, 0.1) is 0 Å². The molecule has 0 aliphatic carbocycles. The summed E-state index contributed by atoms with van der Waals surface area (Å²) in [6.07, 6.45) is 0.167. The molecule has 0 bridgehead atoms. The fraction of sp³-hybridized carbons (Fsp3) is 0.222. The zero-order chi connectivity index (χ0) is 18.5. The highest BCUT2D eigenvalue weighted by Gasteiger charge is 2.13. The van der Waals surface area contributed by atoms with Crippen LogP contribution >= 0.6 is 11.3 Å². The molecular weight excluding hydrogens is 352 g/mol. The molecule has 2 N–H and O–H groups in total. The molecule has 2 amide bonds. The van der Waals surface area contributed by atoms with Crippen LogP contribution in [-0.2, 0) is 11.3 Å². The molecule has 2 aromatic heterocycles. The van der Waals surface area contributed by atoms with Crippen molar-refractivity contribution >= 4 is 33.4 Å². The number of amides is 2. The van der Waals surface area contributed by atoms with Crippen molar-refractivity contribution < 1.29 is 9.59 Å². The highest BCUT2D eigenvalue weighted by Crippen LogP contribution is 2.14. The van der Waals surface area contributed by atoms with Crippen molar-refractivity contribution in [1.29, 1.82) is 0 Å². The van der Waals surface area contributed by atoms with Crippen molar-refractivity contribution in [2.45, 2.75) is 13.0 Å². The fourth-order valence-corrected chi connectivity index (χ4v) is 3.20. The first-order valence-electron chi connectivity index (χ1n) is 8.08. The molecule has 0 spiro atoms. The van der Waals surface area contributed by atoms with Gasteiger partial charge in [-0.05, 0) is 23.6 Å². The maximum absolute atomic E-state index is 12.2. The van der Waals surface area contributed by atoms with Gasteiger partial charge in [-0.1, -0.05) is 18.2 Å². The maximum atomic E-state index is 12.2.